The van der Waals surface area contributed by atoms with Crippen LogP contribution in [-0.4, -0.2) is 21.0 Å². The number of nitrogens with one attached hydrogen (secondary N) is 2. The van der Waals surface area contributed by atoms with Gasteiger partial charge in [0.1, 0.15) is 0 Å². The highest BCUT2D eigenvalue weighted by molar-refractivity contribution is 9.10. The molecule has 2 aliphatic carbocycles. The first-order valence-corrected chi connectivity index (χ1v) is 9.84. The first-order chi connectivity index (χ1) is 10.0. The van der Waals surface area contributed by atoms with Crippen molar-refractivity contribution >= 4 is 26.0 Å². The first kappa shape index (κ1) is 15.5. The molecule has 0 atom stereocenters. The molecule has 4 nitrogen and oxygen atoms in total. The Morgan fingerprint density at radius 2 is 1.95 bits per heavy atom. The zero-order valence-electron chi connectivity index (χ0n) is 11.9. The molecule has 21 heavy (non-hydrogen) atoms. The molecule has 6 heteroatoms. The summed E-state index contributed by atoms with van der Waals surface area (Å²) in [5.74, 6) is 0.514. The Labute approximate surface area is 134 Å². The minimum absolute atomic E-state index is 0.331. The predicted octanol–water partition coefficient (Wildman–Crippen LogP) is 2.78. The Morgan fingerprint density at radius 1 is 1.19 bits per heavy atom. The van der Waals surface area contributed by atoms with Crippen LogP contribution in [0.4, 0.5) is 0 Å². The van der Waals surface area contributed by atoms with Crippen molar-refractivity contribution in [3.63, 3.8) is 0 Å². The van der Waals surface area contributed by atoms with Gasteiger partial charge in [-0.1, -0.05) is 12.5 Å². The Hall–Kier alpha value is -0.430. The normalized spacial score (nSPS) is 19.5. The Kier molecular flexibility index (Phi) is 4.69. The number of rotatable bonds is 7. The lowest BCUT2D eigenvalue weighted by Crippen LogP contribution is -2.32. The minimum Gasteiger partial charge on any atom is -0.310 e. The van der Waals surface area contributed by atoms with Crippen LogP contribution in [0.3, 0.4) is 0 Å². The molecular formula is C15H21BrN2O2S. The summed E-state index contributed by atoms with van der Waals surface area (Å²) < 4.78 is 28.0. The van der Waals surface area contributed by atoms with Crippen LogP contribution >= 0.6 is 15.9 Å². The SMILES string of the molecule is O=S(=O)(NCC1CCC1)c1ccc(CNC2CC2)cc1Br. The van der Waals surface area contributed by atoms with E-state index < -0.39 is 10.0 Å². The van der Waals surface area contributed by atoms with Crippen molar-refractivity contribution in [2.75, 3.05) is 6.54 Å². The maximum atomic E-state index is 12.3. The number of halogens is 1. The Bertz CT molecular complexity index is 610. The van der Waals surface area contributed by atoms with Crippen molar-refractivity contribution in [2.24, 2.45) is 5.92 Å². The van der Waals surface area contributed by atoms with Crippen molar-refractivity contribution < 1.29 is 8.42 Å². The summed E-state index contributed by atoms with van der Waals surface area (Å²) in [6.07, 6.45) is 5.99. The van der Waals surface area contributed by atoms with Crippen LogP contribution in [0.25, 0.3) is 0 Å². The second kappa shape index (κ2) is 6.36. The van der Waals surface area contributed by atoms with Crippen molar-refractivity contribution in [3.05, 3.63) is 28.2 Å². The average Bonchev–Trinajstić information content (AvgIpc) is 3.18. The number of hydrogen-bond acceptors (Lipinski definition) is 3. The molecule has 0 spiro atoms. The number of hydrogen-bond donors (Lipinski definition) is 2. The third-order valence-electron chi connectivity index (χ3n) is 4.24. The second-order valence-electron chi connectivity index (χ2n) is 6.07. The summed E-state index contributed by atoms with van der Waals surface area (Å²) in [6, 6.07) is 6.12. The molecule has 1 aromatic carbocycles. The van der Waals surface area contributed by atoms with Gasteiger partial charge in [0.25, 0.3) is 0 Å². The van der Waals surface area contributed by atoms with Crippen LogP contribution in [0.15, 0.2) is 27.6 Å². The van der Waals surface area contributed by atoms with E-state index in [0.29, 0.717) is 27.9 Å². The Balaban J connectivity index is 1.64. The van der Waals surface area contributed by atoms with Gasteiger partial charge in [-0.25, -0.2) is 13.1 Å². The van der Waals surface area contributed by atoms with Crippen LogP contribution in [0.2, 0.25) is 0 Å². The van der Waals surface area contributed by atoms with Gasteiger partial charge in [0.2, 0.25) is 10.0 Å². The van der Waals surface area contributed by atoms with Gasteiger partial charge >= 0.3 is 0 Å². The molecule has 0 radical (unpaired) electrons. The third kappa shape index (κ3) is 4.06. The van der Waals surface area contributed by atoms with E-state index in [1.165, 1.54) is 19.3 Å². The largest absolute Gasteiger partial charge is 0.310 e. The third-order valence-corrected chi connectivity index (χ3v) is 6.65. The molecule has 3 rings (SSSR count). The summed E-state index contributed by atoms with van der Waals surface area (Å²) in [5, 5.41) is 3.43. The van der Waals surface area contributed by atoms with E-state index in [4.69, 9.17) is 0 Å². The van der Waals surface area contributed by atoms with Crippen LogP contribution < -0.4 is 10.0 Å². The Morgan fingerprint density at radius 3 is 2.52 bits per heavy atom. The van der Waals surface area contributed by atoms with Crippen LogP contribution in [0, 0.1) is 5.92 Å². The van der Waals surface area contributed by atoms with Crippen LogP contribution in [0.1, 0.15) is 37.7 Å². The monoisotopic (exact) mass is 372 g/mol. The summed E-state index contributed by atoms with van der Waals surface area (Å²) >= 11 is 3.40. The lowest BCUT2D eigenvalue weighted by molar-refractivity contribution is 0.316. The molecule has 1 aromatic rings. The molecule has 0 aromatic heterocycles. The van der Waals surface area contributed by atoms with Crippen molar-refractivity contribution in [1.82, 2.24) is 10.0 Å². The summed E-state index contributed by atoms with van der Waals surface area (Å²) in [7, 11) is -3.42. The van der Waals surface area contributed by atoms with E-state index in [-0.39, 0.29) is 0 Å². The minimum atomic E-state index is -3.42. The average molecular weight is 373 g/mol. The number of sulfonamides is 1. The highest BCUT2D eigenvalue weighted by Crippen LogP contribution is 2.27. The fraction of sp³-hybridized carbons (Fsp3) is 0.600. The standard InChI is InChI=1S/C15H21BrN2O2S/c16-14-8-12(9-17-13-5-6-13)4-7-15(14)21(19,20)18-10-11-2-1-3-11/h4,7-8,11,13,17-18H,1-3,5-6,9-10H2. The fourth-order valence-corrected chi connectivity index (χ4v) is 4.66. The molecule has 0 saturated heterocycles. The molecule has 2 saturated carbocycles. The van der Waals surface area contributed by atoms with Crippen molar-refractivity contribution in [1.29, 1.82) is 0 Å². The molecule has 0 amide bonds. The van der Waals surface area contributed by atoms with E-state index >= 15 is 0 Å². The smallest absolute Gasteiger partial charge is 0.241 e. The second-order valence-corrected chi connectivity index (χ2v) is 8.66. The highest BCUT2D eigenvalue weighted by Gasteiger charge is 2.23. The van der Waals surface area contributed by atoms with Gasteiger partial charge in [-0.05, 0) is 65.2 Å². The predicted molar refractivity (Wildman–Crippen MR) is 86.5 cm³/mol. The van der Waals surface area contributed by atoms with Gasteiger partial charge in [0.15, 0.2) is 0 Å². The maximum Gasteiger partial charge on any atom is 0.241 e. The molecule has 0 bridgehead atoms. The van der Waals surface area contributed by atoms with E-state index in [2.05, 4.69) is 26.0 Å². The quantitative estimate of drug-likeness (QED) is 0.773. The molecule has 0 unspecified atom stereocenters. The van der Waals surface area contributed by atoms with Gasteiger partial charge < -0.3 is 5.32 Å². The van der Waals surface area contributed by atoms with E-state index in [1.54, 1.807) is 6.07 Å². The summed E-state index contributed by atoms with van der Waals surface area (Å²) in [4.78, 5) is 0.331. The van der Waals surface area contributed by atoms with Crippen LogP contribution in [0.5, 0.6) is 0 Å². The maximum absolute atomic E-state index is 12.3. The van der Waals surface area contributed by atoms with Gasteiger partial charge in [-0.15, -0.1) is 0 Å². The van der Waals surface area contributed by atoms with Gasteiger partial charge in [-0.3, -0.25) is 0 Å². The molecule has 2 aliphatic rings. The lowest BCUT2D eigenvalue weighted by atomic mass is 9.86. The molecular weight excluding hydrogens is 352 g/mol. The topological polar surface area (TPSA) is 58.2 Å². The summed E-state index contributed by atoms with van der Waals surface area (Å²) in [6.45, 7) is 1.35. The van der Waals surface area contributed by atoms with E-state index in [1.807, 2.05) is 12.1 Å². The van der Waals surface area contributed by atoms with E-state index in [0.717, 1.165) is 24.9 Å². The zero-order chi connectivity index (χ0) is 14.9. The molecule has 2 fully saturated rings. The van der Waals surface area contributed by atoms with E-state index in [9.17, 15) is 8.42 Å². The lowest BCUT2D eigenvalue weighted by Gasteiger charge is -2.25. The highest BCUT2D eigenvalue weighted by atomic mass is 79.9. The fourth-order valence-electron chi connectivity index (χ4n) is 2.42. The summed E-state index contributed by atoms with van der Waals surface area (Å²) in [5.41, 5.74) is 1.10. The molecule has 0 aliphatic heterocycles. The van der Waals surface area contributed by atoms with Crippen molar-refractivity contribution in [2.45, 2.75) is 49.6 Å². The molecule has 2 N–H and O–H groups in total. The molecule has 0 heterocycles. The number of benzene rings is 1. The van der Waals surface area contributed by atoms with Crippen LogP contribution in [-0.2, 0) is 16.6 Å². The zero-order valence-corrected chi connectivity index (χ0v) is 14.3. The van der Waals surface area contributed by atoms with Gasteiger partial charge in [-0.2, -0.15) is 0 Å². The van der Waals surface area contributed by atoms with Gasteiger partial charge in [0, 0.05) is 23.6 Å². The van der Waals surface area contributed by atoms with Crippen molar-refractivity contribution in [3.8, 4) is 0 Å². The first-order valence-electron chi connectivity index (χ1n) is 7.56. The van der Waals surface area contributed by atoms with Gasteiger partial charge in [0.05, 0.1) is 4.90 Å². The molecule has 116 valence electrons.